The standard InChI is InChI=1S/C12H19N3O/c1-2-3-6-13-8-9-15-12(16)11-5-4-7-14-10-11/h4-5,7,10,13H,2-3,6,8-9H2,1H3,(H,15,16). The number of nitrogens with zero attached hydrogens (tertiary/aromatic N) is 1. The summed E-state index contributed by atoms with van der Waals surface area (Å²) in [4.78, 5) is 15.5. The van der Waals surface area contributed by atoms with Crippen molar-refractivity contribution in [1.82, 2.24) is 15.6 Å². The van der Waals surface area contributed by atoms with Crippen LogP contribution in [0.25, 0.3) is 0 Å². The van der Waals surface area contributed by atoms with Crippen LogP contribution in [0.4, 0.5) is 0 Å². The van der Waals surface area contributed by atoms with Gasteiger partial charge in [-0.05, 0) is 25.1 Å². The molecule has 0 fully saturated rings. The van der Waals surface area contributed by atoms with Crippen molar-refractivity contribution in [3.8, 4) is 0 Å². The molecule has 0 radical (unpaired) electrons. The largest absolute Gasteiger partial charge is 0.351 e. The SMILES string of the molecule is CCCCNCCNC(=O)c1cccnc1. The van der Waals surface area contributed by atoms with Gasteiger partial charge in [0, 0.05) is 25.5 Å². The van der Waals surface area contributed by atoms with Gasteiger partial charge in [0.15, 0.2) is 0 Å². The average Bonchev–Trinajstić information content (AvgIpc) is 2.34. The Kier molecular flexibility index (Phi) is 6.18. The average molecular weight is 221 g/mol. The highest BCUT2D eigenvalue weighted by molar-refractivity contribution is 5.93. The molecule has 1 rings (SSSR count). The first-order valence-electron chi connectivity index (χ1n) is 5.73. The third-order valence-corrected chi connectivity index (χ3v) is 2.22. The van der Waals surface area contributed by atoms with Gasteiger partial charge in [0.05, 0.1) is 5.56 Å². The molecule has 0 bridgehead atoms. The third-order valence-electron chi connectivity index (χ3n) is 2.22. The van der Waals surface area contributed by atoms with Gasteiger partial charge >= 0.3 is 0 Å². The van der Waals surface area contributed by atoms with E-state index in [1.807, 2.05) is 0 Å². The zero-order valence-electron chi connectivity index (χ0n) is 9.70. The van der Waals surface area contributed by atoms with E-state index in [9.17, 15) is 4.79 Å². The van der Waals surface area contributed by atoms with Crippen LogP contribution in [-0.2, 0) is 0 Å². The molecule has 0 aromatic carbocycles. The lowest BCUT2D eigenvalue weighted by molar-refractivity contribution is 0.0953. The topological polar surface area (TPSA) is 54.0 Å². The highest BCUT2D eigenvalue weighted by Crippen LogP contribution is 1.94. The summed E-state index contributed by atoms with van der Waals surface area (Å²) in [5.74, 6) is -0.0645. The van der Waals surface area contributed by atoms with Crippen LogP contribution in [0.5, 0.6) is 0 Å². The van der Waals surface area contributed by atoms with Crippen molar-refractivity contribution in [2.75, 3.05) is 19.6 Å². The molecule has 0 spiro atoms. The minimum absolute atomic E-state index is 0.0645. The minimum atomic E-state index is -0.0645. The molecule has 4 heteroatoms. The van der Waals surface area contributed by atoms with Gasteiger partial charge in [0.25, 0.3) is 5.91 Å². The first-order valence-corrected chi connectivity index (χ1v) is 5.73. The van der Waals surface area contributed by atoms with E-state index in [-0.39, 0.29) is 5.91 Å². The lowest BCUT2D eigenvalue weighted by atomic mass is 10.3. The second-order valence-corrected chi connectivity index (χ2v) is 3.60. The molecule has 0 saturated carbocycles. The zero-order valence-corrected chi connectivity index (χ0v) is 9.70. The molecule has 0 aliphatic rings. The smallest absolute Gasteiger partial charge is 0.252 e. The number of hydrogen-bond acceptors (Lipinski definition) is 3. The maximum Gasteiger partial charge on any atom is 0.252 e. The van der Waals surface area contributed by atoms with Gasteiger partial charge in [0.1, 0.15) is 0 Å². The first kappa shape index (κ1) is 12.6. The van der Waals surface area contributed by atoms with Crippen LogP contribution in [0.3, 0.4) is 0 Å². The van der Waals surface area contributed by atoms with E-state index in [4.69, 9.17) is 0 Å². The van der Waals surface area contributed by atoms with Crippen LogP contribution >= 0.6 is 0 Å². The van der Waals surface area contributed by atoms with E-state index in [0.29, 0.717) is 12.1 Å². The monoisotopic (exact) mass is 221 g/mol. The molecule has 0 aliphatic carbocycles. The maximum absolute atomic E-state index is 11.6. The van der Waals surface area contributed by atoms with E-state index in [2.05, 4.69) is 22.5 Å². The van der Waals surface area contributed by atoms with E-state index in [1.54, 1.807) is 24.5 Å². The molecule has 1 aromatic heterocycles. The van der Waals surface area contributed by atoms with Crippen LogP contribution in [-0.4, -0.2) is 30.5 Å². The Hall–Kier alpha value is -1.42. The molecule has 0 aliphatic heterocycles. The molecular formula is C12H19N3O. The fraction of sp³-hybridized carbons (Fsp3) is 0.500. The number of amides is 1. The van der Waals surface area contributed by atoms with Crippen molar-refractivity contribution in [2.24, 2.45) is 0 Å². The van der Waals surface area contributed by atoms with Crippen LogP contribution in [0.15, 0.2) is 24.5 Å². The number of aromatic nitrogens is 1. The van der Waals surface area contributed by atoms with Crippen molar-refractivity contribution in [1.29, 1.82) is 0 Å². The van der Waals surface area contributed by atoms with Crippen molar-refractivity contribution in [3.63, 3.8) is 0 Å². The van der Waals surface area contributed by atoms with Crippen LogP contribution in [0.1, 0.15) is 30.1 Å². The van der Waals surface area contributed by atoms with Crippen molar-refractivity contribution >= 4 is 5.91 Å². The Morgan fingerprint density at radius 2 is 2.25 bits per heavy atom. The molecule has 1 aromatic rings. The summed E-state index contributed by atoms with van der Waals surface area (Å²) >= 11 is 0. The molecule has 2 N–H and O–H groups in total. The third kappa shape index (κ3) is 4.89. The fourth-order valence-corrected chi connectivity index (χ4v) is 1.29. The first-order chi connectivity index (χ1) is 7.84. The summed E-state index contributed by atoms with van der Waals surface area (Å²) in [6.07, 6.45) is 5.59. The summed E-state index contributed by atoms with van der Waals surface area (Å²) in [5.41, 5.74) is 0.607. The Morgan fingerprint density at radius 3 is 2.94 bits per heavy atom. The van der Waals surface area contributed by atoms with E-state index >= 15 is 0 Å². The Bertz CT molecular complexity index is 300. The van der Waals surface area contributed by atoms with Crippen LogP contribution in [0, 0.1) is 0 Å². The summed E-state index contributed by atoms with van der Waals surface area (Å²) in [5, 5.41) is 6.10. The number of rotatable bonds is 7. The van der Waals surface area contributed by atoms with Gasteiger partial charge in [-0.1, -0.05) is 13.3 Å². The van der Waals surface area contributed by atoms with Crippen molar-refractivity contribution in [2.45, 2.75) is 19.8 Å². The molecule has 1 heterocycles. The van der Waals surface area contributed by atoms with Crippen LogP contribution < -0.4 is 10.6 Å². The number of carbonyl (C=O) groups excluding carboxylic acids is 1. The number of hydrogen-bond donors (Lipinski definition) is 2. The second kappa shape index (κ2) is 7.82. The summed E-state index contributed by atoms with van der Waals surface area (Å²) in [6.45, 7) is 4.63. The number of pyridine rings is 1. The van der Waals surface area contributed by atoms with Gasteiger partial charge in [-0.3, -0.25) is 9.78 Å². The highest BCUT2D eigenvalue weighted by atomic mass is 16.1. The van der Waals surface area contributed by atoms with Gasteiger partial charge in [-0.25, -0.2) is 0 Å². The van der Waals surface area contributed by atoms with E-state index in [1.165, 1.54) is 12.8 Å². The molecule has 16 heavy (non-hydrogen) atoms. The predicted octanol–water partition coefficient (Wildman–Crippen LogP) is 1.20. The van der Waals surface area contributed by atoms with Gasteiger partial charge < -0.3 is 10.6 Å². The lowest BCUT2D eigenvalue weighted by Gasteiger charge is -2.05. The normalized spacial score (nSPS) is 10.1. The molecule has 1 amide bonds. The van der Waals surface area contributed by atoms with Gasteiger partial charge in [-0.15, -0.1) is 0 Å². The summed E-state index contributed by atoms with van der Waals surface area (Å²) < 4.78 is 0. The summed E-state index contributed by atoms with van der Waals surface area (Å²) in [7, 11) is 0. The number of carbonyl (C=O) groups is 1. The van der Waals surface area contributed by atoms with E-state index < -0.39 is 0 Å². The van der Waals surface area contributed by atoms with Crippen molar-refractivity contribution in [3.05, 3.63) is 30.1 Å². The van der Waals surface area contributed by atoms with Gasteiger partial charge in [-0.2, -0.15) is 0 Å². The maximum atomic E-state index is 11.6. The molecule has 4 nitrogen and oxygen atoms in total. The second-order valence-electron chi connectivity index (χ2n) is 3.60. The number of unbranched alkanes of at least 4 members (excludes halogenated alkanes) is 1. The summed E-state index contributed by atoms with van der Waals surface area (Å²) in [6, 6.07) is 3.52. The number of nitrogens with one attached hydrogen (secondary N) is 2. The van der Waals surface area contributed by atoms with Crippen molar-refractivity contribution < 1.29 is 4.79 Å². The van der Waals surface area contributed by atoms with Crippen LogP contribution in [0.2, 0.25) is 0 Å². The highest BCUT2D eigenvalue weighted by Gasteiger charge is 2.02. The predicted molar refractivity (Wildman–Crippen MR) is 64.3 cm³/mol. The Morgan fingerprint density at radius 1 is 1.38 bits per heavy atom. The zero-order chi connectivity index (χ0) is 11.6. The Labute approximate surface area is 96.5 Å². The lowest BCUT2D eigenvalue weighted by Crippen LogP contribution is -2.32. The van der Waals surface area contributed by atoms with E-state index in [0.717, 1.165) is 13.1 Å². The quantitative estimate of drug-likeness (QED) is 0.680. The molecule has 0 atom stereocenters. The molecule has 88 valence electrons. The Balaban J connectivity index is 2.12. The molecular weight excluding hydrogens is 202 g/mol. The minimum Gasteiger partial charge on any atom is -0.351 e. The fourth-order valence-electron chi connectivity index (χ4n) is 1.29. The molecule has 0 saturated heterocycles. The molecule has 0 unspecified atom stereocenters. The van der Waals surface area contributed by atoms with Gasteiger partial charge in [0.2, 0.25) is 0 Å².